The largest absolute Gasteiger partial charge is 0.297 e. The van der Waals surface area contributed by atoms with Crippen LogP contribution < -0.4 is 5.32 Å². The van der Waals surface area contributed by atoms with Gasteiger partial charge in [0.2, 0.25) is 0 Å². The minimum atomic E-state index is -0.422. The van der Waals surface area contributed by atoms with Crippen LogP contribution in [-0.2, 0) is 19.4 Å². The smallest absolute Gasteiger partial charge is 0.150 e. The normalized spacial score (nSPS) is 14.1. The molecule has 0 bridgehead atoms. The summed E-state index contributed by atoms with van der Waals surface area (Å²) >= 11 is 0. The lowest BCUT2D eigenvalue weighted by atomic mass is 9.91. The number of nitrogens with zero attached hydrogens (tertiary/aromatic N) is 4. The summed E-state index contributed by atoms with van der Waals surface area (Å²) < 4.78 is 2.01. The Morgan fingerprint density at radius 1 is 1.29 bits per heavy atom. The predicted octanol–water partition coefficient (Wildman–Crippen LogP) is 2.85. The minimum Gasteiger partial charge on any atom is -0.297 e. The molecule has 5 heteroatoms. The van der Waals surface area contributed by atoms with Gasteiger partial charge in [-0.05, 0) is 33.1 Å². The number of aromatic nitrogens is 3. The standard InChI is InChI=1S/C16H29N5/c1-6-14-18-15(7-2)21(20-14)11-9-10-16(8-3,12-17)19-13(4)5/h13,19H,6-11H2,1-5H3. The van der Waals surface area contributed by atoms with Gasteiger partial charge in [-0.15, -0.1) is 0 Å². The van der Waals surface area contributed by atoms with Crippen LogP contribution in [0.2, 0.25) is 0 Å². The predicted molar refractivity (Wildman–Crippen MR) is 84.9 cm³/mol. The Labute approximate surface area is 128 Å². The Kier molecular flexibility index (Phi) is 6.83. The van der Waals surface area contributed by atoms with E-state index in [4.69, 9.17) is 0 Å². The second-order valence-corrected chi connectivity index (χ2v) is 5.82. The first-order chi connectivity index (χ1) is 10.00. The monoisotopic (exact) mass is 291 g/mol. The maximum atomic E-state index is 9.52. The SMILES string of the molecule is CCc1nc(CC)n(CCCC(C#N)(CC)NC(C)C)n1. The van der Waals surface area contributed by atoms with Gasteiger partial charge < -0.3 is 0 Å². The van der Waals surface area contributed by atoms with Crippen LogP contribution >= 0.6 is 0 Å². The van der Waals surface area contributed by atoms with E-state index in [9.17, 15) is 5.26 Å². The van der Waals surface area contributed by atoms with Gasteiger partial charge in [-0.2, -0.15) is 10.4 Å². The van der Waals surface area contributed by atoms with Crippen molar-refractivity contribution in [3.05, 3.63) is 11.6 Å². The first kappa shape index (κ1) is 17.6. The van der Waals surface area contributed by atoms with Crippen LogP contribution in [0.5, 0.6) is 0 Å². The van der Waals surface area contributed by atoms with Crippen molar-refractivity contribution in [3.8, 4) is 6.07 Å². The molecule has 0 saturated heterocycles. The van der Waals surface area contributed by atoms with Crippen molar-refractivity contribution in [1.29, 1.82) is 5.26 Å². The van der Waals surface area contributed by atoms with Gasteiger partial charge in [-0.3, -0.25) is 5.32 Å². The van der Waals surface area contributed by atoms with Crippen LogP contribution in [0.3, 0.4) is 0 Å². The van der Waals surface area contributed by atoms with E-state index in [0.717, 1.165) is 50.3 Å². The molecule has 1 aromatic heterocycles. The first-order valence-electron chi connectivity index (χ1n) is 8.11. The first-order valence-corrected chi connectivity index (χ1v) is 8.11. The van der Waals surface area contributed by atoms with Gasteiger partial charge >= 0.3 is 0 Å². The van der Waals surface area contributed by atoms with Crippen LogP contribution in [0.4, 0.5) is 0 Å². The summed E-state index contributed by atoms with van der Waals surface area (Å²) in [6, 6.07) is 2.79. The lowest BCUT2D eigenvalue weighted by Crippen LogP contribution is -2.47. The third kappa shape index (κ3) is 4.82. The van der Waals surface area contributed by atoms with Crippen LogP contribution in [-0.4, -0.2) is 26.3 Å². The van der Waals surface area contributed by atoms with Crippen molar-refractivity contribution < 1.29 is 0 Å². The minimum absolute atomic E-state index is 0.314. The van der Waals surface area contributed by atoms with E-state index in [0.29, 0.717) is 6.04 Å². The molecule has 0 radical (unpaired) electrons. The second-order valence-electron chi connectivity index (χ2n) is 5.82. The fourth-order valence-electron chi connectivity index (χ4n) is 2.62. The van der Waals surface area contributed by atoms with E-state index in [-0.39, 0.29) is 0 Å². The van der Waals surface area contributed by atoms with Crippen molar-refractivity contribution in [3.63, 3.8) is 0 Å². The molecule has 1 N–H and O–H groups in total. The quantitative estimate of drug-likeness (QED) is 0.759. The number of rotatable bonds is 9. The molecule has 1 aromatic rings. The lowest BCUT2D eigenvalue weighted by Gasteiger charge is -2.29. The molecule has 1 heterocycles. The summed E-state index contributed by atoms with van der Waals surface area (Å²) in [7, 11) is 0. The van der Waals surface area contributed by atoms with Gasteiger partial charge in [-0.1, -0.05) is 20.8 Å². The average Bonchev–Trinajstić information content (AvgIpc) is 2.88. The van der Waals surface area contributed by atoms with Crippen molar-refractivity contribution in [1.82, 2.24) is 20.1 Å². The Bertz CT molecular complexity index is 472. The summed E-state index contributed by atoms with van der Waals surface area (Å²) in [4.78, 5) is 4.52. The van der Waals surface area contributed by atoms with Crippen molar-refractivity contribution in [2.45, 2.75) is 84.8 Å². The number of aryl methyl sites for hydroxylation is 3. The van der Waals surface area contributed by atoms with Gasteiger partial charge in [0.1, 0.15) is 11.4 Å². The number of nitrogens with one attached hydrogen (secondary N) is 1. The molecule has 0 aliphatic heterocycles. The maximum absolute atomic E-state index is 9.52. The zero-order valence-corrected chi connectivity index (χ0v) is 14.1. The summed E-state index contributed by atoms with van der Waals surface area (Å²) in [5, 5.41) is 17.5. The van der Waals surface area contributed by atoms with E-state index in [1.54, 1.807) is 0 Å². The molecule has 1 rings (SSSR count). The Morgan fingerprint density at radius 3 is 2.48 bits per heavy atom. The van der Waals surface area contributed by atoms with E-state index in [1.165, 1.54) is 0 Å². The Morgan fingerprint density at radius 2 is 2.00 bits per heavy atom. The maximum Gasteiger partial charge on any atom is 0.150 e. The summed E-state index contributed by atoms with van der Waals surface area (Å²) in [6.45, 7) is 11.2. The highest BCUT2D eigenvalue weighted by Crippen LogP contribution is 2.18. The van der Waals surface area contributed by atoms with Crippen LogP contribution in [0.15, 0.2) is 0 Å². The highest BCUT2D eigenvalue weighted by atomic mass is 15.3. The molecular weight excluding hydrogens is 262 g/mol. The average molecular weight is 291 g/mol. The highest BCUT2D eigenvalue weighted by molar-refractivity contribution is 5.06. The van der Waals surface area contributed by atoms with Crippen molar-refractivity contribution in [2.75, 3.05) is 0 Å². The molecule has 21 heavy (non-hydrogen) atoms. The fourth-order valence-corrected chi connectivity index (χ4v) is 2.62. The Hall–Kier alpha value is -1.41. The highest BCUT2D eigenvalue weighted by Gasteiger charge is 2.27. The second kappa shape index (κ2) is 8.14. The van der Waals surface area contributed by atoms with Crippen LogP contribution in [0.1, 0.15) is 65.5 Å². The molecule has 0 amide bonds. The molecule has 0 fully saturated rings. The number of hydrogen-bond acceptors (Lipinski definition) is 4. The third-order valence-electron chi connectivity index (χ3n) is 3.78. The van der Waals surface area contributed by atoms with Crippen LogP contribution in [0, 0.1) is 11.3 Å². The van der Waals surface area contributed by atoms with E-state index < -0.39 is 5.54 Å². The zero-order chi connectivity index (χ0) is 15.9. The molecule has 5 nitrogen and oxygen atoms in total. The topological polar surface area (TPSA) is 66.5 Å². The molecule has 0 aliphatic carbocycles. The van der Waals surface area contributed by atoms with E-state index >= 15 is 0 Å². The van der Waals surface area contributed by atoms with Crippen LogP contribution in [0.25, 0.3) is 0 Å². The Balaban J connectivity index is 2.66. The molecule has 118 valence electrons. The molecule has 0 aliphatic rings. The van der Waals surface area contributed by atoms with E-state index in [2.05, 4.69) is 56.1 Å². The van der Waals surface area contributed by atoms with Gasteiger partial charge in [-0.25, -0.2) is 9.67 Å². The van der Waals surface area contributed by atoms with Crippen molar-refractivity contribution in [2.24, 2.45) is 0 Å². The van der Waals surface area contributed by atoms with Gasteiger partial charge in [0, 0.05) is 25.4 Å². The molecule has 0 aromatic carbocycles. The van der Waals surface area contributed by atoms with Gasteiger partial charge in [0.25, 0.3) is 0 Å². The van der Waals surface area contributed by atoms with E-state index in [1.807, 2.05) is 4.68 Å². The summed E-state index contributed by atoms with van der Waals surface area (Å²) in [5.74, 6) is 1.96. The molecule has 1 atom stereocenters. The summed E-state index contributed by atoms with van der Waals surface area (Å²) in [6.07, 6.45) is 4.35. The van der Waals surface area contributed by atoms with Crippen molar-refractivity contribution >= 4 is 0 Å². The molecular formula is C16H29N5. The fraction of sp³-hybridized carbons (Fsp3) is 0.812. The zero-order valence-electron chi connectivity index (χ0n) is 14.1. The lowest BCUT2D eigenvalue weighted by molar-refractivity contribution is 0.325. The third-order valence-corrected chi connectivity index (χ3v) is 3.78. The molecule has 0 saturated carbocycles. The number of nitriles is 1. The van der Waals surface area contributed by atoms with Gasteiger partial charge in [0.05, 0.1) is 6.07 Å². The van der Waals surface area contributed by atoms with Gasteiger partial charge in [0.15, 0.2) is 5.82 Å². The molecule has 0 spiro atoms. The number of hydrogen-bond donors (Lipinski definition) is 1. The molecule has 1 unspecified atom stereocenters. The summed E-state index contributed by atoms with van der Waals surface area (Å²) in [5.41, 5.74) is -0.422.